The molecule has 0 spiro atoms. The van der Waals surface area contributed by atoms with Gasteiger partial charge in [0.1, 0.15) is 29.2 Å². The number of nitrogens with zero attached hydrogens (tertiary/aromatic N) is 4. The maximum Gasteiger partial charge on any atom is 0.255 e. The van der Waals surface area contributed by atoms with Crippen LogP contribution in [0.3, 0.4) is 0 Å². The van der Waals surface area contributed by atoms with E-state index in [1.54, 1.807) is 34.3 Å². The molecule has 1 heterocycles. The van der Waals surface area contributed by atoms with Crippen molar-refractivity contribution in [3.63, 3.8) is 0 Å². The number of phenolic OH excluding ortho intramolecular Hbond substituents is 1. The van der Waals surface area contributed by atoms with Gasteiger partial charge in [0.25, 0.3) is 5.91 Å². The van der Waals surface area contributed by atoms with Gasteiger partial charge in [0.15, 0.2) is 11.4 Å². The smallest absolute Gasteiger partial charge is 0.255 e. The van der Waals surface area contributed by atoms with Gasteiger partial charge in [0, 0.05) is 54.8 Å². The van der Waals surface area contributed by atoms with Crippen LogP contribution in [-0.4, -0.2) is 92.6 Å². The molecule has 3 aliphatic carbocycles. The number of aliphatic hydroxyl groups is 3. The highest BCUT2D eigenvalue weighted by atomic mass is 16.3. The predicted octanol–water partition coefficient (Wildman–Crippen LogP) is 0.487. The Kier molecular flexibility index (Phi) is 6.00. The average Bonchev–Trinajstić information content (AvgIpc) is 2.86. The molecule has 3 aliphatic rings. The fourth-order valence-electron chi connectivity index (χ4n) is 6.35. The second-order valence-corrected chi connectivity index (χ2v) is 10.6. The molecular weight excluding hydrogens is 506 g/mol. The first-order chi connectivity index (χ1) is 18.3. The van der Waals surface area contributed by atoms with Crippen molar-refractivity contribution < 1.29 is 34.8 Å². The quantitative estimate of drug-likeness (QED) is 0.342. The van der Waals surface area contributed by atoms with E-state index in [4.69, 9.17) is 5.73 Å². The number of rotatable bonds is 4. The summed E-state index contributed by atoms with van der Waals surface area (Å²) in [6, 6.07) is 0.608. The monoisotopic (exact) mass is 535 g/mol. The summed E-state index contributed by atoms with van der Waals surface area (Å²) in [6.45, 7) is 0. The summed E-state index contributed by atoms with van der Waals surface area (Å²) in [5.74, 6) is -6.88. The van der Waals surface area contributed by atoms with Crippen LogP contribution in [0.1, 0.15) is 17.5 Å². The van der Waals surface area contributed by atoms with Gasteiger partial charge >= 0.3 is 0 Å². The molecule has 0 saturated heterocycles. The number of aliphatic hydroxyl groups excluding tert-OH is 2. The Morgan fingerprint density at radius 3 is 2.31 bits per heavy atom. The van der Waals surface area contributed by atoms with Crippen LogP contribution in [0.25, 0.3) is 16.9 Å². The molecule has 0 aliphatic heterocycles. The number of carbonyl (C=O) groups is 3. The van der Waals surface area contributed by atoms with Gasteiger partial charge in [-0.05, 0) is 44.5 Å². The molecule has 0 unspecified atom stereocenters. The maximum atomic E-state index is 14.0. The number of hydrogen-bond donors (Lipinski definition) is 5. The topological polar surface area (TPSA) is 190 Å². The van der Waals surface area contributed by atoms with Crippen molar-refractivity contribution in [2.45, 2.75) is 24.5 Å². The highest BCUT2D eigenvalue weighted by Gasteiger charge is 2.64. The minimum Gasteiger partial charge on any atom is -0.508 e. The van der Waals surface area contributed by atoms with Gasteiger partial charge in [-0.3, -0.25) is 19.3 Å². The summed E-state index contributed by atoms with van der Waals surface area (Å²) in [5, 5.41) is 45.6. The van der Waals surface area contributed by atoms with Crippen LogP contribution in [0, 0.1) is 11.8 Å². The minimum absolute atomic E-state index is 0.0105. The van der Waals surface area contributed by atoms with Crippen LogP contribution < -0.4 is 10.6 Å². The number of hydrogen-bond acceptors (Lipinski definition) is 11. The number of anilines is 1. The number of benzene rings is 1. The number of fused-ring (bicyclic) bond motifs is 3. The average molecular weight is 536 g/mol. The summed E-state index contributed by atoms with van der Waals surface area (Å²) in [6.07, 6.45) is 4.55. The number of amides is 1. The standard InChI is InChI=1S/C27H29N5O7/c1-31(2)16-7-13(12-8-29-10-30-9-12)21(33)18-14(16)5-11-6-15-20(32(3)4)23(35)19(26(28)38)25(37)27(15,39)24(36)17(11)22(18)34/h7-11,15,20,33-34,37,39H,5-6H2,1-4H3,(H2,28,38)/t11-,15-,20-,27-/m0/s1. The van der Waals surface area contributed by atoms with Crippen LogP contribution in [0.4, 0.5) is 5.69 Å². The molecule has 12 nitrogen and oxygen atoms in total. The second-order valence-electron chi connectivity index (χ2n) is 10.6. The number of nitrogens with two attached hydrogens (primary N) is 1. The third-order valence-electron chi connectivity index (χ3n) is 8.05. The van der Waals surface area contributed by atoms with E-state index in [1.807, 2.05) is 4.90 Å². The highest BCUT2D eigenvalue weighted by Crippen LogP contribution is 2.54. The van der Waals surface area contributed by atoms with Crippen molar-refractivity contribution in [1.29, 1.82) is 0 Å². The molecule has 1 saturated carbocycles. The number of primary amides is 1. The Hall–Kier alpha value is -4.29. The molecule has 39 heavy (non-hydrogen) atoms. The van der Waals surface area contributed by atoms with Crippen molar-refractivity contribution >= 4 is 28.9 Å². The first-order valence-electron chi connectivity index (χ1n) is 12.3. The van der Waals surface area contributed by atoms with E-state index in [-0.39, 0.29) is 29.7 Å². The third kappa shape index (κ3) is 3.55. The molecule has 5 rings (SSSR count). The summed E-state index contributed by atoms with van der Waals surface area (Å²) in [4.78, 5) is 50.6. The highest BCUT2D eigenvalue weighted by molar-refractivity contribution is 6.24. The van der Waals surface area contributed by atoms with Crippen molar-refractivity contribution in [2.24, 2.45) is 17.6 Å². The summed E-state index contributed by atoms with van der Waals surface area (Å²) < 4.78 is 0. The van der Waals surface area contributed by atoms with E-state index in [0.29, 0.717) is 22.4 Å². The van der Waals surface area contributed by atoms with Crippen molar-refractivity contribution in [3.05, 3.63) is 52.8 Å². The number of Topliss-reactive ketones (excluding diaryl/α,β-unsaturated/α-hetero) is 2. The van der Waals surface area contributed by atoms with E-state index < -0.39 is 58.0 Å². The fraction of sp³-hybridized carbons (Fsp3) is 0.370. The van der Waals surface area contributed by atoms with E-state index in [9.17, 15) is 34.8 Å². The Morgan fingerprint density at radius 1 is 1.10 bits per heavy atom. The molecule has 2 aromatic rings. The van der Waals surface area contributed by atoms with E-state index >= 15 is 0 Å². The molecular formula is C27H29N5O7. The van der Waals surface area contributed by atoms with E-state index in [0.717, 1.165) is 0 Å². The number of phenols is 1. The lowest BCUT2D eigenvalue weighted by Crippen LogP contribution is -2.65. The number of likely N-dealkylation sites (N-methyl/N-ethyl adjacent to an activating group) is 1. The normalized spacial score (nSPS) is 26.4. The largest absolute Gasteiger partial charge is 0.508 e. The maximum absolute atomic E-state index is 14.0. The molecule has 1 aromatic heterocycles. The Morgan fingerprint density at radius 2 is 1.74 bits per heavy atom. The van der Waals surface area contributed by atoms with Gasteiger partial charge in [0.05, 0.1) is 11.6 Å². The SMILES string of the molecule is CN(C)c1cc(-c2cncnc2)c(O)c2c1C[C@H]1C[C@H]3[C@H](N(C)C)C(=O)C(C(N)=O)=C(O)[C@@]3(O)C(=O)C1=C2O. The lowest BCUT2D eigenvalue weighted by atomic mass is 9.57. The number of aromatic hydroxyl groups is 1. The molecule has 0 bridgehead atoms. The molecule has 0 radical (unpaired) electrons. The first kappa shape index (κ1) is 26.3. The molecule has 1 fully saturated rings. The Balaban J connectivity index is 1.78. The lowest BCUT2D eigenvalue weighted by molar-refractivity contribution is -0.153. The van der Waals surface area contributed by atoms with Crippen molar-refractivity contribution in [3.8, 4) is 16.9 Å². The Labute approximate surface area is 223 Å². The van der Waals surface area contributed by atoms with E-state index in [1.165, 1.54) is 23.6 Å². The molecule has 12 heteroatoms. The zero-order valence-corrected chi connectivity index (χ0v) is 21.8. The molecule has 6 N–H and O–H groups in total. The number of carbonyl (C=O) groups excluding carboxylic acids is 3. The molecule has 4 atom stereocenters. The minimum atomic E-state index is -2.69. The van der Waals surface area contributed by atoms with Gasteiger partial charge in [-0.1, -0.05) is 0 Å². The predicted molar refractivity (Wildman–Crippen MR) is 140 cm³/mol. The zero-order chi connectivity index (χ0) is 28.5. The van der Waals surface area contributed by atoms with Crippen LogP contribution in [0.15, 0.2) is 41.7 Å². The van der Waals surface area contributed by atoms with Gasteiger partial charge in [-0.15, -0.1) is 0 Å². The molecule has 1 aromatic carbocycles. The van der Waals surface area contributed by atoms with Crippen molar-refractivity contribution in [1.82, 2.24) is 14.9 Å². The summed E-state index contributed by atoms with van der Waals surface area (Å²) in [7, 11) is 6.72. The number of aromatic nitrogens is 2. The fourth-order valence-corrected chi connectivity index (χ4v) is 6.35. The van der Waals surface area contributed by atoms with E-state index in [2.05, 4.69) is 9.97 Å². The summed E-state index contributed by atoms with van der Waals surface area (Å²) >= 11 is 0. The molecule has 1 amide bonds. The first-order valence-corrected chi connectivity index (χ1v) is 12.3. The summed E-state index contributed by atoms with van der Waals surface area (Å²) in [5.41, 5.74) is 3.68. The second kappa shape index (κ2) is 8.89. The van der Waals surface area contributed by atoms with Gasteiger partial charge in [-0.25, -0.2) is 9.97 Å². The van der Waals surface area contributed by atoms with Gasteiger partial charge < -0.3 is 31.1 Å². The van der Waals surface area contributed by atoms with Crippen LogP contribution in [0.2, 0.25) is 0 Å². The molecule has 204 valence electrons. The van der Waals surface area contributed by atoms with Crippen LogP contribution in [0.5, 0.6) is 5.75 Å². The van der Waals surface area contributed by atoms with Gasteiger partial charge in [0.2, 0.25) is 5.78 Å². The van der Waals surface area contributed by atoms with Crippen LogP contribution in [-0.2, 0) is 20.8 Å². The Bertz CT molecular complexity index is 1500. The lowest BCUT2D eigenvalue weighted by Gasteiger charge is -2.50. The number of ketones is 2. The zero-order valence-electron chi connectivity index (χ0n) is 21.8. The van der Waals surface area contributed by atoms with Gasteiger partial charge in [-0.2, -0.15) is 0 Å². The van der Waals surface area contributed by atoms with Crippen molar-refractivity contribution in [2.75, 3.05) is 33.1 Å². The van der Waals surface area contributed by atoms with Crippen LogP contribution >= 0.6 is 0 Å². The third-order valence-corrected chi connectivity index (χ3v) is 8.05.